The van der Waals surface area contributed by atoms with Crippen molar-refractivity contribution in [2.75, 3.05) is 72.4 Å². The van der Waals surface area contributed by atoms with Crippen LogP contribution < -0.4 is 32.2 Å². The van der Waals surface area contributed by atoms with Crippen LogP contribution in [0.4, 0.5) is 38.8 Å². The minimum atomic E-state index is -0.965. The molecule has 0 spiro atoms. The summed E-state index contributed by atoms with van der Waals surface area (Å²) in [7, 11) is 12.2. The van der Waals surface area contributed by atoms with Gasteiger partial charge in [-0.15, -0.1) is 0 Å². The van der Waals surface area contributed by atoms with E-state index in [0.717, 1.165) is 51.8 Å². The van der Waals surface area contributed by atoms with Crippen LogP contribution in [0.5, 0.6) is 0 Å². The average molecular weight is 1200 g/mol. The average Bonchev–Trinajstić information content (AvgIpc) is 1.95. The van der Waals surface area contributed by atoms with Crippen molar-refractivity contribution >= 4 is 23.7 Å². The van der Waals surface area contributed by atoms with Crippen LogP contribution in [0.3, 0.4) is 0 Å². The van der Waals surface area contributed by atoms with E-state index in [2.05, 4.69) is 47.3 Å². The highest BCUT2D eigenvalue weighted by molar-refractivity contribution is 5.92. The summed E-state index contributed by atoms with van der Waals surface area (Å²) >= 11 is 0. The Morgan fingerprint density at radius 1 is 0.598 bits per heavy atom. The molecule has 462 valence electrons. The lowest BCUT2D eigenvalue weighted by Crippen LogP contribution is -2.42. The Bertz CT molecular complexity index is 3600. The van der Waals surface area contributed by atoms with E-state index >= 15 is 0 Å². The summed E-state index contributed by atoms with van der Waals surface area (Å²) in [5.41, 5.74) is 12.2. The molecule has 4 amide bonds. The quantitative estimate of drug-likeness (QED) is 0.0265. The summed E-state index contributed by atoms with van der Waals surface area (Å²) < 4.78 is 74.2. The summed E-state index contributed by atoms with van der Waals surface area (Å²) in [6.07, 6.45) is 8.17. The van der Waals surface area contributed by atoms with Crippen molar-refractivity contribution in [3.05, 3.63) is 167 Å². The number of carbonyl (C=O) groups is 2. The SMILES string of the molecule is COCC(CNO)[C@@H]1C[C@@H](NC(=O)Nc2c(C)c(-c3cnn(C)c3)nn2-c2ccccc2)[C@H](c2ccc(F)c(F)c2)N1C.COCC(CNOC)[C@@H]1C[C@@H](NC(=O)Nc2c(C)c(-c3cnn(C)c3)nn2-c2ccccc2)[C@H](c2ccc(F)c(F)c2)N1C. The van der Waals surface area contributed by atoms with Crippen molar-refractivity contribution in [2.45, 2.75) is 62.9 Å². The van der Waals surface area contributed by atoms with E-state index in [1.807, 2.05) is 120 Å². The summed E-state index contributed by atoms with van der Waals surface area (Å²) in [4.78, 5) is 36.6. The maximum Gasteiger partial charge on any atom is 0.320 e. The number of ether oxygens (including phenoxy) is 2. The number of hydrogen-bond donors (Lipinski definition) is 7. The maximum atomic E-state index is 14.4. The van der Waals surface area contributed by atoms with Crippen LogP contribution >= 0.6 is 0 Å². The zero-order valence-corrected chi connectivity index (χ0v) is 49.9. The van der Waals surface area contributed by atoms with Gasteiger partial charge in [0.2, 0.25) is 0 Å². The molecule has 6 heterocycles. The lowest BCUT2D eigenvalue weighted by molar-refractivity contribution is 0.0359. The molecule has 4 aromatic carbocycles. The maximum absolute atomic E-state index is 14.4. The van der Waals surface area contributed by atoms with Gasteiger partial charge >= 0.3 is 12.1 Å². The van der Waals surface area contributed by atoms with E-state index in [9.17, 15) is 32.4 Å². The first-order chi connectivity index (χ1) is 41.9. The van der Waals surface area contributed by atoms with Gasteiger partial charge in [-0.1, -0.05) is 48.5 Å². The van der Waals surface area contributed by atoms with Crippen LogP contribution in [0.25, 0.3) is 33.9 Å². The third-order valence-electron chi connectivity index (χ3n) is 16.2. The first kappa shape index (κ1) is 63.2. The number of carbonyl (C=O) groups excluding carboxylic acids is 2. The van der Waals surface area contributed by atoms with Gasteiger partial charge < -0.3 is 30.2 Å². The Labute approximate surface area is 501 Å². The molecule has 2 saturated heterocycles. The Morgan fingerprint density at radius 2 is 1.01 bits per heavy atom. The number of para-hydroxylation sites is 2. The second kappa shape index (κ2) is 28.4. The number of methoxy groups -OCH3 is 2. The second-order valence-corrected chi connectivity index (χ2v) is 21.9. The molecule has 2 aliphatic heterocycles. The van der Waals surface area contributed by atoms with Crippen molar-refractivity contribution in [1.29, 1.82) is 0 Å². The van der Waals surface area contributed by atoms with Gasteiger partial charge in [0.05, 0.1) is 68.3 Å². The number of urea groups is 2. The fourth-order valence-corrected chi connectivity index (χ4v) is 12.1. The van der Waals surface area contributed by atoms with E-state index < -0.39 is 59.5 Å². The van der Waals surface area contributed by atoms with E-state index in [1.54, 1.807) is 58.5 Å². The molecule has 2 aliphatic rings. The van der Waals surface area contributed by atoms with Gasteiger partial charge in [0.15, 0.2) is 23.3 Å². The molecule has 0 bridgehead atoms. The van der Waals surface area contributed by atoms with Crippen LogP contribution in [-0.2, 0) is 28.4 Å². The lowest BCUT2D eigenvalue weighted by atomic mass is 9.96. The van der Waals surface area contributed by atoms with Crippen LogP contribution in [0, 0.1) is 49.0 Å². The molecular weight excluding hydrogens is 1130 g/mol. The Kier molecular flexibility index (Phi) is 20.7. The number of amides is 4. The predicted molar refractivity (Wildman–Crippen MR) is 319 cm³/mol. The zero-order valence-electron chi connectivity index (χ0n) is 49.9. The smallest absolute Gasteiger partial charge is 0.320 e. The van der Waals surface area contributed by atoms with Crippen molar-refractivity contribution in [3.63, 3.8) is 0 Å². The van der Waals surface area contributed by atoms with Gasteiger partial charge in [0, 0.05) is 100.0 Å². The number of nitrogens with zero attached hydrogens (tertiary/aromatic N) is 10. The minimum absolute atomic E-state index is 0.0172. The first-order valence-corrected chi connectivity index (χ1v) is 28.3. The highest BCUT2D eigenvalue weighted by Gasteiger charge is 2.46. The number of aryl methyl sites for hydroxylation is 2. The first-order valence-electron chi connectivity index (χ1n) is 28.3. The van der Waals surface area contributed by atoms with Crippen LogP contribution in [0.1, 0.15) is 47.2 Å². The summed E-state index contributed by atoms with van der Waals surface area (Å²) in [5, 5.41) is 39.9. The lowest BCUT2D eigenvalue weighted by Gasteiger charge is -2.32. The zero-order chi connectivity index (χ0) is 62.1. The van der Waals surface area contributed by atoms with Crippen molar-refractivity contribution in [1.82, 2.24) is 70.5 Å². The molecule has 0 aliphatic carbocycles. The Balaban J connectivity index is 0.000000208. The predicted octanol–water partition coefficient (Wildman–Crippen LogP) is 8.24. The van der Waals surface area contributed by atoms with Crippen molar-refractivity contribution in [2.24, 2.45) is 25.9 Å². The molecule has 26 heteroatoms. The molecule has 22 nitrogen and oxygen atoms in total. The second-order valence-electron chi connectivity index (χ2n) is 21.9. The van der Waals surface area contributed by atoms with Crippen LogP contribution in [-0.4, -0.2) is 152 Å². The van der Waals surface area contributed by atoms with E-state index in [4.69, 9.17) is 24.5 Å². The van der Waals surface area contributed by atoms with Crippen molar-refractivity contribution in [3.8, 4) is 33.9 Å². The molecule has 0 radical (unpaired) electrons. The number of hydrogen-bond acceptors (Lipinski definition) is 14. The molecule has 7 N–H and O–H groups in total. The van der Waals surface area contributed by atoms with Gasteiger partial charge in [0.25, 0.3) is 0 Å². The molecule has 0 saturated carbocycles. The molecule has 2 unspecified atom stereocenters. The molecule has 10 rings (SSSR count). The van der Waals surface area contributed by atoms with E-state index in [1.165, 1.54) is 12.1 Å². The molecule has 87 heavy (non-hydrogen) atoms. The number of nitrogens with one attached hydrogen (secondary N) is 6. The van der Waals surface area contributed by atoms with Gasteiger partial charge in [-0.2, -0.15) is 20.4 Å². The van der Waals surface area contributed by atoms with E-state index in [-0.39, 0.29) is 30.5 Å². The van der Waals surface area contributed by atoms with Crippen molar-refractivity contribution < 1.29 is 46.7 Å². The fourth-order valence-electron chi connectivity index (χ4n) is 12.1. The number of halogens is 4. The monoisotopic (exact) mass is 1200 g/mol. The molecule has 8 atom stereocenters. The molecule has 2 fully saturated rings. The van der Waals surface area contributed by atoms with Crippen LogP contribution in [0.2, 0.25) is 0 Å². The number of aromatic nitrogens is 8. The van der Waals surface area contributed by atoms with Gasteiger partial charge in [-0.25, -0.2) is 47.5 Å². The van der Waals surface area contributed by atoms with Gasteiger partial charge in [0.1, 0.15) is 23.0 Å². The highest BCUT2D eigenvalue weighted by atomic mass is 19.2. The number of hydroxylamine groups is 2. The third kappa shape index (κ3) is 14.2. The molecule has 8 aromatic rings. The van der Waals surface area contributed by atoms with Gasteiger partial charge in [-0.05, 0) is 100 Å². The topological polar surface area (TPSA) is 232 Å². The van der Waals surface area contributed by atoms with Gasteiger partial charge in [-0.3, -0.25) is 29.8 Å². The largest absolute Gasteiger partial charge is 0.384 e. The Morgan fingerprint density at radius 3 is 1.37 bits per heavy atom. The summed E-state index contributed by atoms with van der Waals surface area (Å²) in [5.74, 6) is -2.96. The summed E-state index contributed by atoms with van der Waals surface area (Å²) in [6, 6.07) is 23.6. The number of anilines is 2. The fraction of sp³-hybridized carbons (Fsp3) is 0.377. The van der Waals surface area contributed by atoms with Crippen LogP contribution in [0.15, 0.2) is 122 Å². The Hall–Kier alpha value is -8.34. The molecule has 4 aromatic heterocycles. The number of rotatable bonds is 21. The van der Waals surface area contributed by atoms with E-state index in [0.29, 0.717) is 66.8 Å². The standard InChI is InChI=1S/C31H38F2N8O3.C30H36F2N8O3/c1-19-28(21-15-34-39(2)17-21)38-41(23-9-7-6-8-10-23)30(19)37-31(42)36-26-14-27(22(18-43-4)16-35-44-5)40(3)29(26)20-11-12-24(32)25(33)13-20;1-18-27(20-14-33-38(2)16-20)37-40(22-8-6-5-7-9-22)29(18)36-30(41)35-25-13-26(21(15-34-42)17-43-4)39(3)28(25)19-10-11-23(31)24(32)12-19/h6-13,15,17,22,26-27,29,35H,14,16,18H2,1-5H3,(H2,36,37,42);5-12,14,16,21,25-26,28,34,42H,13,15,17H2,1-4H3,(H2,35,36,41)/t22?,26-,27+,29+;21?,25-,26+,28+/m11/s1. The number of likely N-dealkylation sites (N-methyl/N-ethyl adjacent to an activating group) is 2. The molecular formula is C61H74F4N16O6. The normalized spacial score (nSPS) is 19.4. The number of benzene rings is 4. The highest BCUT2D eigenvalue weighted by Crippen LogP contribution is 2.41. The summed E-state index contributed by atoms with van der Waals surface area (Å²) in [6.45, 7) is 5.30. The third-order valence-corrected chi connectivity index (χ3v) is 16.2. The number of likely N-dealkylation sites (tertiary alicyclic amines) is 2. The minimum Gasteiger partial charge on any atom is -0.384 e.